The number of aryl methyl sites for hydroxylation is 2. The van der Waals surface area contributed by atoms with Crippen molar-refractivity contribution in [2.75, 3.05) is 0 Å². The fourth-order valence-corrected chi connectivity index (χ4v) is 3.88. The molecule has 3 heterocycles. The van der Waals surface area contributed by atoms with Gasteiger partial charge < -0.3 is 18.8 Å². The molecule has 0 bridgehead atoms. The largest absolute Gasteiger partial charge is 0.494 e. The van der Waals surface area contributed by atoms with E-state index in [-0.39, 0.29) is 18.3 Å². The lowest BCUT2D eigenvalue weighted by Gasteiger charge is -2.32. The Kier molecular flexibility index (Phi) is 8.56. The molecule has 0 saturated carbocycles. The summed E-state index contributed by atoms with van der Waals surface area (Å²) in [5.41, 5.74) is 2.20. The van der Waals surface area contributed by atoms with E-state index in [1.165, 1.54) is 0 Å². The maximum Gasteiger partial charge on any atom is 0.494 e. The highest BCUT2D eigenvalue weighted by atomic mass is 79.9. The molecule has 0 atom stereocenters. The first kappa shape index (κ1) is 27.8. The van der Waals surface area contributed by atoms with Crippen LogP contribution in [0.15, 0.2) is 89.7 Å². The van der Waals surface area contributed by atoms with E-state index in [0.717, 1.165) is 44.3 Å². The van der Waals surface area contributed by atoms with E-state index in [4.69, 9.17) is 18.8 Å². The predicted molar refractivity (Wildman–Crippen MR) is 154 cm³/mol. The Morgan fingerprint density at radius 1 is 0.632 bits per heavy atom. The van der Waals surface area contributed by atoms with Crippen LogP contribution < -0.4 is 14.9 Å². The van der Waals surface area contributed by atoms with E-state index in [1.807, 2.05) is 86.6 Å². The van der Waals surface area contributed by atoms with Crippen LogP contribution in [0.1, 0.15) is 39.1 Å². The zero-order chi connectivity index (χ0) is 27.3. The molecular weight excluding hydrogens is 543 g/mol. The van der Waals surface area contributed by atoms with Crippen LogP contribution in [0.3, 0.4) is 0 Å². The van der Waals surface area contributed by atoms with Crippen LogP contribution in [0.25, 0.3) is 0 Å². The summed E-state index contributed by atoms with van der Waals surface area (Å²) in [4.78, 5) is 8.27. The lowest BCUT2D eigenvalue weighted by atomic mass is 9.79. The molecule has 0 radical (unpaired) electrons. The molecule has 2 aromatic heterocycles. The number of benzene rings is 2. The molecule has 5 rings (SSSR count). The second kappa shape index (κ2) is 11.7. The van der Waals surface area contributed by atoms with E-state index < -0.39 is 0 Å². The van der Waals surface area contributed by atoms with Crippen LogP contribution in [-0.2, 0) is 9.31 Å². The topological polar surface area (TPSA) is 62.7 Å². The van der Waals surface area contributed by atoms with Crippen LogP contribution in [0.2, 0.25) is 0 Å². The Labute approximate surface area is 233 Å². The van der Waals surface area contributed by atoms with Crippen molar-refractivity contribution in [2.45, 2.75) is 52.7 Å². The molecule has 1 saturated heterocycles. The fraction of sp³-hybridized carbons (Fsp3) is 0.267. The van der Waals surface area contributed by atoms with Crippen LogP contribution in [0.4, 0.5) is 0 Å². The molecule has 1 aliphatic rings. The number of hydrogen-bond donors (Lipinski definition) is 0. The fourth-order valence-electron chi connectivity index (χ4n) is 3.61. The van der Waals surface area contributed by atoms with E-state index in [9.17, 15) is 0 Å². The minimum absolute atomic E-state index is 0.332. The maximum absolute atomic E-state index is 6.05. The van der Waals surface area contributed by atoms with Crippen molar-refractivity contribution >= 4 is 28.5 Å². The number of pyridine rings is 2. The van der Waals surface area contributed by atoms with Gasteiger partial charge in [-0.15, -0.1) is 0 Å². The Balaban J connectivity index is 0.000000194. The van der Waals surface area contributed by atoms with Gasteiger partial charge in [0.2, 0.25) is 0 Å². The van der Waals surface area contributed by atoms with Gasteiger partial charge in [-0.2, -0.15) is 0 Å². The maximum atomic E-state index is 6.05. The predicted octanol–water partition coefficient (Wildman–Crippen LogP) is 7.43. The van der Waals surface area contributed by atoms with Gasteiger partial charge >= 0.3 is 7.12 Å². The first-order valence-corrected chi connectivity index (χ1v) is 13.2. The second-order valence-corrected chi connectivity index (χ2v) is 11.0. The SMILES string of the molecule is Cc1cc(Oc2ccc(B3OC(C)(C)C(C)(C)O3)cc2)ccn1.Cc1cc(Oc2ccc(Br)cc2)ccn1. The standard InChI is InChI=1S/C18H22BNO3.C12H10BrNO/c1-13-12-16(10-11-20-13)21-15-8-6-14(7-9-15)19-22-17(2,3)18(4,5)23-19;1-9-8-12(6-7-14-9)15-11-4-2-10(13)3-5-11/h6-12H,1-5H3;2-8H,1H3. The molecule has 0 aliphatic carbocycles. The molecule has 1 aliphatic heterocycles. The number of halogens is 1. The van der Waals surface area contributed by atoms with Gasteiger partial charge in [-0.3, -0.25) is 9.97 Å². The molecule has 6 nitrogen and oxygen atoms in total. The van der Waals surface area contributed by atoms with Gasteiger partial charge in [-0.1, -0.05) is 28.1 Å². The van der Waals surface area contributed by atoms with Gasteiger partial charge in [-0.05, 0) is 95.5 Å². The van der Waals surface area contributed by atoms with E-state index in [2.05, 4.69) is 53.6 Å². The van der Waals surface area contributed by atoms with Crippen molar-refractivity contribution in [1.29, 1.82) is 0 Å². The van der Waals surface area contributed by atoms with Crippen molar-refractivity contribution < 1.29 is 18.8 Å². The van der Waals surface area contributed by atoms with Gasteiger partial charge in [-0.25, -0.2) is 0 Å². The van der Waals surface area contributed by atoms with E-state index in [0.29, 0.717) is 0 Å². The third kappa shape index (κ3) is 7.22. The van der Waals surface area contributed by atoms with Crippen molar-refractivity contribution in [3.63, 3.8) is 0 Å². The molecule has 38 heavy (non-hydrogen) atoms. The summed E-state index contributed by atoms with van der Waals surface area (Å²) < 4.78 is 24.6. The first-order valence-electron chi connectivity index (χ1n) is 12.4. The zero-order valence-electron chi connectivity index (χ0n) is 22.6. The van der Waals surface area contributed by atoms with Crippen LogP contribution in [-0.4, -0.2) is 28.3 Å². The average molecular weight is 575 g/mol. The number of hydrogen-bond acceptors (Lipinski definition) is 6. The smallest absolute Gasteiger partial charge is 0.457 e. The summed E-state index contributed by atoms with van der Waals surface area (Å²) in [6, 6.07) is 23.0. The third-order valence-electron chi connectivity index (χ3n) is 6.43. The number of ether oxygens (including phenoxy) is 2. The molecule has 2 aromatic carbocycles. The zero-order valence-corrected chi connectivity index (χ0v) is 24.2. The third-order valence-corrected chi connectivity index (χ3v) is 6.96. The minimum Gasteiger partial charge on any atom is -0.457 e. The highest BCUT2D eigenvalue weighted by molar-refractivity contribution is 9.10. The molecule has 196 valence electrons. The van der Waals surface area contributed by atoms with Gasteiger partial charge in [0.25, 0.3) is 0 Å². The molecule has 0 amide bonds. The van der Waals surface area contributed by atoms with Crippen molar-refractivity contribution in [1.82, 2.24) is 9.97 Å². The molecule has 0 N–H and O–H groups in total. The van der Waals surface area contributed by atoms with E-state index in [1.54, 1.807) is 12.4 Å². The molecule has 8 heteroatoms. The van der Waals surface area contributed by atoms with E-state index >= 15 is 0 Å². The second-order valence-electron chi connectivity index (χ2n) is 10.1. The summed E-state index contributed by atoms with van der Waals surface area (Å²) in [5, 5.41) is 0. The van der Waals surface area contributed by atoms with Gasteiger partial charge in [0, 0.05) is 40.4 Å². The van der Waals surface area contributed by atoms with Crippen LogP contribution >= 0.6 is 15.9 Å². The Bertz CT molecular complexity index is 1350. The highest BCUT2D eigenvalue weighted by Gasteiger charge is 2.51. The lowest BCUT2D eigenvalue weighted by Crippen LogP contribution is -2.41. The molecule has 0 unspecified atom stereocenters. The van der Waals surface area contributed by atoms with Crippen LogP contribution in [0.5, 0.6) is 23.0 Å². The first-order chi connectivity index (χ1) is 18.0. The number of rotatable bonds is 5. The summed E-state index contributed by atoms with van der Waals surface area (Å²) in [7, 11) is -0.350. The van der Waals surface area contributed by atoms with Crippen molar-refractivity contribution in [2.24, 2.45) is 0 Å². The van der Waals surface area contributed by atoms with Crippen molar-refractivity contribution in [3.05, 3.63) is 101 Å². The van der Waals surface area contributed by atoms with Gasteiger partial charge in [0.05, 0.1) is 11.2 Å². The summed E-state index contributed by atoms with van der Waals surface area (Å²) in [6.45, 7) is 12.1. The summed E-state index contributed by atoms with van der Waals surface area (Å²) >= 11 is 3.38. The Morgan fingerprint density at radius 3 is 1.47 bits per heavy atom. The number of aromatic nitrogens is 2. The molecule has 4 aromatic rings. The molecular formula is C30H32BBrN2O4. The van der Waals surface area contributed by atoms with Gasteiger partial charge in [0.15, 0.2) is 0 Å². The summed E-state index contributed by atoms with van der Waals surface area (Å²) in [5.74, 6) is 3.19. The Hall–Kier alpha value is -3.20. The monoisotopic (exact) mass is 574 g/mol. The minimum atomic E-state index is -0.350. The lowest BCUT2D eigenvalue weighted by molar-refractivity contribution is 0.00578. The van der Waals surface area contributed by atoms with Crippen molar-refractivity contribution in [3.8, 4) is 23.0 Å². The quantitative estimate of drug-likeness (QED) is 0.231. The van der Waals surface area contributed by atoms with Crippen LogP contribution in [0, 0.1) is 13.8 Å². The summed E-state index contributed by atoms with van der Waals surface area (Å²) in [6.07, 6.45) is 3.48. The average Bonchev–Trinajstić information content (AvgIpc) is 3.08. The normalized spacial score (nSPS) is 15.4. The highest BCUT2D eigenvalue weighted by Crippen LogP contribution is 2.36. The number of nitrogens with zero attached hydrogens (tertiary/aromatic N) is 2. The molecule has 0 spiro atoms. The Morgan fingerprint density at radius 2 is 1.05 bits per heavy atom. The van der Waals surface area contributed by atoms with Gasteiger partial charge in [0.1, 0.15) is 23.0 Å². The molecule has 1 fully saturated rings.